The van der Waals surface area contributed by atoms with Crippen LogP contribution in [0.15, 0.2) is 30.3 Å². The van der Waals surface area contributed by atoms with Crippen LogP contribution in [0.4, 0.5) is 0 Å². The number of benzene rings is 2. The Bertz CT molecular complexity index is 778. The number of nitrogens with zero attached hydrogens (tertiary/aromatic N) is 2. The second-order valence-electron chi connectivity index (χ2n) is 6.74. The summed E-state index contributed by atoms with van der Waals surface area (Å²) in [4.78, 5) is 4.61. The monoisotopic (exact) mass is 344 g/mol. The number of rotatable bonds is 4. The van der Waals surface area contributed by atoms with Crippen LogP contribution in [-0.2, 0) is 26.2 Å². The molecule has 0 atom stereocenters. The molecular formula is C19H21ClN2O2. The molecule has 0 saturated heterocycles. The molecule has 0 N–H and O–H groups in total. The fraction of sp³-hybridized carbons (Fsp3) is 0.368. The van der Waals surface area contributed by atoms with Crippen LogP contribution in [0.2, 0.25) is 5.02 Å². The van der Waals surface area contributed by atoms with Crippen molar-refractivity contribution in [3.05, 3.63) is 57.6 Å². The van der Waals surface area contributed by atoms with Gasteiger partial charge in [0.2, 0.25) is 6.79 Å². The summed E-state index contributed by atoms with van der Waals surface area (Å²) in [6, 6.07) is 10.7. The first-order chi connectivity index (χ1) is 11.6. The molecule has 0 bridgehead atoms. The van der Waals surface area contributed by atoms with E-state index >= 15 is 0 Å². The summed E-state index contributed by atoms with van der Waals surface area (Å²) in [7, 11) is 4.27. The van der Waals surface area contributed by atoms with E-state index in [4.69, 9.17) is 21.1 Å². The summed E-state index contributed by atoms with van der Waals surface area (Å²) in [5.41, 5.74) is 5.29. The number of hydrogen-bond acceptors (Lipinski definition) is 4. The third-order valence-electron chi connectivity index (χ3n) is 4.59. The fourth-order valence-electron chi connectivity index (χ4n) is 3.46. The molecule has 0 radical (unpaired) electrons. The van der Waals surface area contributed by atoms with E-state index in [9.17, 15) is 0 Å². The Morgan fingerprint density at radius 2 is 1.79 bits per heavy atom. The molecule has 2 aliphatic rings. The number of hydrogen-bond donors (Lipinski definition) is 0. The van der Waals surface area contributed by atoms with Gasteiger partial charge in [0.1, 0.15) is 0 Å². The zero-order chi connectivity index (χ0) is 16.7. The highest BCUT2D eigenvalue weighted by Crippen LogP contribution is 2.37. The molecule has 2 heterocycles. The average molecular weight is 345 g/mol. The maximum Gasteiger partial charge on any atom is 0.231 e. The van der Waals surface area contributed by atoms with E-state index in [2.05, 4.69) is 42.1 Å². The van der Waals surface area contributed by atoms with Crippen LogP contribution in [0.25, 0.3) is 0 Å². The van der Waals surface area contributed by atoms with Gasteiger partial charge in [-0.25, -0.2) is 0 Å². The molecule has 0 fully saturated rings. The molecule has 0 spiro atoms. The van der Waals surface area contributed by atoms with Gasteiger partial charge < -0.3 is 9.47 Å². The Balaban J connectivity index is 1.46. The quantitative estimate of drug-likeness (QED) is 0.845. The van der Waals surface area contributed by atoms with E-state index in [1.54, 1.807) is 0 Å². The number of ether oxygens (including phenoxy) is 2. The summed E-state index contributed by atoms with van der Waals surface area (Å²) < 4.78 is 10.8. The Labute approximate surface area is 147 Å². The molecule has 24 heavy (non-hydrogen) atoms. The van der Waals surface area contributed by atoms with E-state index in [1.807, 2.05) is 12.1 Å². The van der Waals surface area contributed by atoms with Crippen molar-refractivity contribution < 1.29 is 9.47 Å². The summed E-state index contributed by atoms with van der Waals surface area (Å²) in [5, 5.41) is 0.724. The zero-order valence-electron chi connectivity index (χ0n) is 14.0. The summed E-state index contributed by atoms with van der Waals surface area (Å²) in [5.74, 6) is 1.51. The molecular weight excluding hydrogens is 324 g/mol. The van der Waals surface area contributed by atoms with Crippen LogP contribution in [0.3, 0.4) is 0 Å². The molecule has 2 aromatic rings. The van der Waals surface area contributed by atoms with Gasteiger partial charge in [0.15, 0.2) is 11.5 Å². The molecule has 0 unspecified atom stereocenters. The fourth-order valence-corrected chi connectivity index (χ4v) is 3.67. The lowest BCUT2D eigenvalue weighted by Gasteiger charge is -2.18. The minimum absolute atomic E-state index is 0.272. The molecule has 4 rings (SSSR count). The SMILES string of the molecule is CN(Cc1ccc2c(c1)CN(C)C2)Cc1cc2c(cc1Cl)OCO2. The molecule has 0 saturated carbocycles. The lowest BCUT2D eigenvalue weighted by atomic mass is 10.1. The highest BCUT2D eigenvalue weighted by molar-refractivity contribution is 6.31. The van der Waals surface area contributed by atoms with Crippen molar-refractivity contribution in [1.82, 2.24) is 9.80 Å². The Kier molecular flexibility index (Phi) is 4.12. The molecule has 126 valence electrons. The first-order valence-electron chi connectivity index (χ1n) is 8.14. The zero-order valence-corrected chi connectivity index (χ0v) is 14.8. The lowest BCUT2D eigenvalue weighted by Crippen LogP contribution is -2.17. The molecule has 4 nitrogen and oxygen atoms in total. The first-order valence-corrected chi connectivity index (χ1v) is 8.52. The average Bonchev–Trinajstić information content (AvgIpc) is 3.12. The smallest absolute Gasteiger partial charge is 0.231 e. The topological polar surface area (TPSA) is 24.9 Å². The molecule has 0 aliphatic carbocycles. The van der Waals surface area contributed by atoms with E-state index < -0.39 is 0 Å². The van der Waals surface area contributed by atoms with Crippen LogP contribution in [0.1, 0.15) is 22.3 Å². The first kappa shape index (κ1) is 15.8. The third kappa shape index (κ3) is 3.09. The van der Waals surface area contributed by atoms with E-state index in [0.717, 1.165) is 48.3 Å². The number of halogens is 1. The second kappa shape index (κ2) is 6.28. The van der Waals surface area contributed by atoms with Crippen molar-refractivity contribution in [1.29, 1.82) is 0 Å². The van der Waals surface area contributed by atoms with Crippen LogP contribution in [0, 0.1) is 0 Å². The molecule has 0 aromatic heterocycles. The van der Waals surface area contributed by atoms with Crippen molar-refractivity contribution in [2.45, 2.75) is 26.2 Å². The van der Waals surface area contributed by atoms with Crippen molar-refractivity contribution in [3.8, 4) is 11.5 Å². The third-order valence-corrected chi connectivity index (χ3v) is 4.94. The van der Waals surface area contributed by atoms with Gasteiger partial charge in [-0.15, -0.1) is 0 Å². The van der Waals surface area contributed by atoms with Crippen molar-refractivity contribution >= 4 is 11.6 Å². The van der Waals surface area contributed by atoms with Crippen LogP contribution >= 0.6 is 11.6 Å². The van der Waals surface area contributed by atoms with Gasteiger partial charge in [-0.1, -0.05) is 29.8 Å². The maximum absolute atomic E-state index is 6.38. The van der Waals surface area contributed by atoms with Gasteiger partial charge in [-0.2, -0.15) is 0 Å². The Morgan fingerprint density at radius 3 is 2.62 bits per heavy atom. The van der Waals surface area contributed by atoms with E-state index in [1.165, 1.54) is 16.7 Å². The van der Waals surface area contributed by atoms with E-state index in [-0.39, 0.29) is 6.79 Å². The molecule has 2 aliphatic heterocycles. The standard InChI is InChI=1S/C19H21ClN2O2/c1-21(8-13-3-4-14-9-22(2)10-15(14)5-13)11-16-6-18-19(7-17(16)20)24-12-23-18/h3-7H,8-12H2,1-2H3. The Hall–Kier alpha value is -1.75. The van der Waals surface area contributed by atoms with Gasteiger partial charge >= 0.3 is 0 Å². The van der Waals surface area contributed by atoms with Gasteiger partial charge in [-0.3, -0.25) is 9.80 Å². The van der Waals surface area contributed by atoms with Crippen LogP contribution in [0.5, 0.6) is 11.5 Å². The van der Waals surface area contributed by atoms with Gasteiger partial charge in [-0.05, 0) is 42.4 Å². The van der Waals surface area contributed by atoms with Gasteiger partial charge in [0.25, 0.3) is 0 Å². The maximum atomic E-state index is 6.38. The normalized spacial score (nSPS) is 16.0. The van der Waals surface area contributed by atoms with Gasteiger partial charge in [0.05, 0.1) is 0 Å². The Morgan fingerprint density at radius 1 is 1.04 bits per heavy atom. The second-order valence-corrected chi connectivity index (χ2v) is 7.15. The van der Waals surface area contributed by atoms with Gasteiger partial charge in [0, 0.05) is 37.3 Å². The predicted molar refractivity (Wildman–Crippen MR) is 94.4 cm³/mol. The van der Waals surface area contributed by atoms with Crippen LogP contribution in [-0.4, -0.2) is 30.7 Å². The number of fused-ring (bicyclic) bond motifs is 2. The highest BCUT2D eigenvalue weighted by Gasteiger charge is 2.18. The summed E-state index contributed by atoms with van der Waals surface area (Å²) in [6.07, 6.45) is 0. The predicted octanol–water partition coefficient (Wildman–Crippen LogP) is 3.65. The van der Waals surface area contributed by atoms with Crippen LogP contribution < -0.4 is 9.47 Å². The molecule has 0 amide bonds. The molecule has 5 heteroatoms. The highest BCUT2D eigenvalue weighted by atomic mass is 35.5. The van der Waals surface area contributed by atoms with Crippen molar-refractivity contribution in [3.63, 3.8) is 0 Å². The summed E-state index contributed by atoms with van der Waals surface area (Å²) in [6.45, 7) is 4.03. The van der Waals surface area contributed by atoms with E-state index in [0.29, 0.717) is 0 Å². The minimum Gasteiger partial charge on any atom is -0.454 e. The minimum atomic E-state index is 0.272. The molecule has 2 aromatic carbocycles. The largest absolute Gasteiger partial charge is 0.454 e. The van der Waals surface area contributed by atoms with Crippen molar-refractivity contribution in [2.24, 2.45) is 0 Å². The lowest BCUT2D eigenvalue weighted by molar-refractivity contribution is 0.174. The summed E-state index contributed by atoms with van der Waals surface area (Å²) >= 11 is 6.38. The van der Waals surface area contributed by atoms with Crippen molar-refractivity contribution in [2.75, 3.05) is 20.9 Å².